The molecular weight excluding hydrogens is 358 g/mol. The summed E-state index contributed by atoms with van der Waals surface area (Å²) in [4.78, 5) is 20.2. The van der Waals surface area contributed by atoms with Crippen LogP contribution in [0.1, 0.15) is 15.5 Å². The lowest BCUT2D eigenvalue weighted by atomic mass is 10.0. The van der Waals surface area contributed by atoms with Crippen LogP contribution in [-0.4, -0.2) is 26.1 Å². The molecule has 3 heterocycles. The lowest BCUT2D eigenvalue weighted by Gasteiger charge is -2.08. The summed E-state index contributed by atoms with van der Waals surface area (Å²) < 4.78 is 0. The molecule has 5 aromatic rings. The average Bonchev–Trinajstić information content (AvgIpc) is 3.40. The Morgan fingerprint density at radius 1 is 1.15 bits per heavy atom. The molecule has 0 aliphatic carbocycles. The highest BCUT2D eigenvalue weighted by Gasteiger charge is 2.15. The van der Waals surface area contributed by atoms with E-state index in [0.29, 0.717) is 11.4 Å². The van der Waals surface area contributed by atoms with Crippen LogP contribution in [0.4, 0.5) is 5.69 Å². The molecule has 1 amide bonds. The first-order valence-electron chi connectivity index (χ1n) is 8.46. The number of benzene rings is 2. The van der Waals surface area contributed by atoms with E-state index < -0.39 is 0 Å². The van der Waals surface area contributed by atoms with Crippen LogP contribution in [0.3, 0.4) is 0 Å². The molecule has 0 bridgehead atoms. The largest absolute Gasteiger partial charge is 0.361 e. The maximum atomic E-state index is 12.6. The predicted octanol–water partition coefficient (Wildman–Crippen LogP) is 4.73. The molecule has 6 nitrogen and oxygen atoms in total. The quantitative estimate of drug-likeness (QED) is 0.427. The van der Waals surface area contributed by atoms with E-state index in [1.54, 1.807) is 11.6 Å². The van der Waals surface area contributed by atoms with Crippen LogP contribution < -0.4 is 5.32 Å². The first kappa shape index (κ1) is 15.8. The fourth-order valence-electron chi connectivity index (χ4n) is 3.27. The Morgan fingerprint density at radius 3 is 2.89 bits per heavy atom. The summed E-state index contributed by atoms with van der Waals surface area (Å²) in [5.74, 6) is -0.224. The van der Waals surface area contributed by atoms with Gasteiger partial charge in [-0.1, -0.05) is 18.2 Å². The smallest absolute Gasteiger partial charge is 0.275 e. The van der Waals surface area contributed by atoms with Crippen LogP contribution >= 0.6 is 11.3 Å². The average molecular weight is 373 g/mol. The Kier molecular flexibility index (Phi) is 3.54. The van der Waals surface area contributed by atoms with E-state index in [9.17, 15) is 4.79 Å². The Morgan fingerprint density at radius 2 is 2.04 bits per heavy atom. The van der Waals surface area contributed by atoms with E-state index >= 15 is 0 Å². The van der Waals surface area contributed by atoms with Crippen molar-refractivity contribution in [2.45, 2.75) is 6.92 Å². The number of aryl methyl sites for hydroxylation is 1. The zero-order valence-electron chi connectivity index (χ0n) is 14.4. The third kappa shape index (κ3) is 2.69. The van der Waals surface area contributed by atoms with E-state index in [1.807, 2.05) is 43.5 Å². The van der Waals surface area contributed by atoms with Crippen molar-refractivity contribution < 1.29 is 4.79 Å². The van der Waals surface area contributed by atoms with Gasteiger partial charge in [-0.2, -0.15) is 5.10 Å². The normalized spacial score (nSPS) is 11.3. The van der Waals surface area contributed by atoms with Crippen molar-refractivity contribution >= 4 is 44.7 Å². The lowest BCUT2D eigenvalue weighted by Crippen LogP contribution is -2.12. The molecule has 0 unspecified atom stereocenters. The van der Waals surface area contributed by atoms with E-state index in [0.717, 1.165) is 37.9 Å². The maximum absolute atomic E-state index is 12.6. The number of rotatable bonds is 3. The van der Waals surface area contributed by atoms with Gasteiger partial charge in [0, 0.05) is 33.4 Å². The predicted molar refractivity (Wildman–Crippen MR) is 108 cm³/mol. The number of para-hydroxylation sites is 1. The number of nitrogens with one attached hydrogen (secondary N) is 3. The molecule has 0 fully saturated rings. The Labute approximate surface area is 158 Å². The van der Waals surface area contributed by atoms with Crippen molar-refractivity contribution in [3.63, 3.8) is 0 Å². The minimum absolute atomic E-state index is 0.224. The number of hydrogen-bond acceptors (Lipinski definition) is 4. The highest BCUT2D eigenvalue weighted by Crippen LogP contribution is 2.34. The van der Waals surface area contributed by atoms with Crippen LogP contribution in [0, 0.1) is 6.92 Å². The molecule has 0 aliphatic rings. The van der Waals surface area contributed by atoms with Gasteiger partial charge in [-0.3, -0.25) is 9.89 Å². The second-order valence-corrected chi connectivity index (χ2v) is 7.37. The number of aromatic nitrogens is 4. The molecule has 0 saturated carbocycles. The number of fused-ring (bicyclic) bond motifs is 2. The van der Waals surface area contributed by atoms with Gasteiger partial charge in [-0.25, -0.2) is 4.98 Å². The number of thiazole rings is 1. The molecule has 0 atom stereocenters. The fourth-order valence-corrected chi connectivity index (χ4v) is 3.87. The summed E-state index contributed by atoms with van der Waals surface area (Å²) in [6, 6.07) is 12.2. The summed E-state index contributed by atoms with van der Waals surface area (Å²) >= 11 is 1.46. The number of aromatic amines is 2. The van der Waals surface area contributed by atoms with E-state index in [2.05, 4.69) is 31.5 Å². The minimum atomic E-state index is -0.224. The van der Waals surface area contributed by atoms with Gasteiger partial charge in [0.1, 0.15) is 5.69 Å². The highest BCUT2D eigenvalue weighted by molar-refractivity contribution is 7.09. The zero-order valence-corrected chi connectivity index (χ0v) is 15.2. The number of anilines is 1. The van der Waals surface area contributed by atoms with Gasteiger partial charge in [0.05, 0.1) is 22.4 Å². The summed E-state index contributed by atoms with van der Waals surface area (Å²) in [7, 11) is 0. The number of amides is 1. The SMILES string of the molecule is Cc1nc(C(=O)Nc2cc(-c3c[nH]c4ccccc34)cc3[nH]ncc23)cs1. The zero-order chi connectivity index (χ0) is 18.4. The third-order valence-electron chi connectivity index (χ3n) is 4.56. The molecule has 5 rings (SSSR count). The van der Waals surface area contributed by atoms with Gasteiger partial charge >= 0.3 is 0 Å². The van der Waals surface area contributed by atoms with Crippen molar-refractivity contribution in [3.05, 3.63) is 64.9 Å². The Hall–Kier alpha value is -3.45. The number of carbonyl (C=O) groups excluding carboxylic acids is 1. The first-order valence-corrected chi connectivity index (χ1v) is 9.34. The molecule has 7 heteroatoms. The van der Waals surface area contributed by atoms with Crippen LogP contribution in [0.5, 0.6) is 0 Å². The van der Waals surface area contributed by atoms with Crippen molar-refractivity contribution in [2.75, 3.05) is 5.32 Å². The maximum Gasteiger partial charge on any atom is 0.275 e. The second kappa shape index (κ2) is 6.07. The number of hydrogen-bond donors (Lipinski definition) is 3. The van der Waals surface area contributed by atoms with Gasteiger partial charge in [0.25, 0.3) is 5.91 Å². The van der Waals surface area contributed by atoms with E-state index in [4.69, 9.17) is 0 Å². The summed E-state index contributed by atoms with van der Waals surface area (Å²) in [5.41, 5.74) is 5.13. The summed E-state index contributed by atoms with van der Waals surface area (Å²) in [6.45, 7) is 1.88. The van der Waals surface area contributed by atoms with Crippen molar-refractivity contribution in [1.82, 2.24) is 20.2 Å². The fraction of sp³-hybridized carbons (Fsp3) is 0.0500. The van der Waals surface area contributed by atoms with Gasteiger partial charge < -0.3 is 10.3 Å². The third-order valence-corrected chi connectivity index (χ3v) is 5.33. The standard InChI is InChI=1S/C20H15N5OS/c1-11-23-19(10-27-11)20(26)24-17-6-12(7-18-15(17)9-22-25-18)14-8-21-16-5-3-2-4-13(14)16/h2-10,21H,1H3,(H,22,25)(H,24,26). The van der Waals surface area contributed by atoms with E-state index in [1.165, 1.54) is 11.3 Å². The van der Waals surface area contributed by atoms with Crippen LogP contribution in [-0.2, 0) is 0 Å². The molecule has 27 heavy (non-hydrogen) atoms. The first-order chi connectivity index (χ1) is 13.2. The second-order valence-electron chi connectivity index (χ2n) is 6.31. The van der Waals surface area contributed by atoms with Gasteiger partial charge in [-0.15, -0.1) is 11.3 Å². The number of nitrogens with zero attached hydrogens (tertiary/aromatic N) is 2. The lowest BCUT2D eigenvalue weighted by molar-refractivity contribution is 0.102. The molecule has 3 N–H and O–H groups in total. The van der Waals surface area contributed by atoms with Crippen LogP contribution in [0.15, 0.2) is 54.2 Å². The van der Waals surface area contributed by atoms with E-state index in [-0.39, 0.29) is 5.91 Å². The minimum Gasteiger partial charge on any atom is -0.361 e. The molecule has 132 valence electrons. The van der Waals surface area contributed by atoms with Gasteiger partial charge in [0.15, 0.2) is 0 Å². The Bertz CT molecular complexity index is 1300. The number of H-pyrrole nitrogens is 2. The Balaban J connectivity index is 1.62. The molecule has 0 radical (unpaired) electrons. The highest BCUT2D eigenvalue weighted by atomic mass is 32.1. The van der Waals surface area contributed by atoms with Crippen molar-refractivity contribution in [1.29, 1.82) is 0 Å². The summed E-state index contributed by atoms with van der Waals surface area (Å²) in [6.07, 6.45) is 3.70. The molecule has 3 aromatic heterocycles. The molecular formula is C20H15N5OS. The number of carbonyl (C=O) groups is 1. The van der Waals surface area contributed by atoms with Gasteiger partial charge in [0.2, 0.25) is 0 Å². The molecule has 0 aliphatic heterocycles. The van der Waals surface area contributed by atoms with Gasteiger partial charge in [-0.05, 0) is 30.7 Å². The van der Waals surface area contributed by atoms with Crippen molar-refractivity contribution in [3.8, 4) is 11.1 Å². The molecule has 2 aromatic carbocycles. The summed E-state index contributed by atoms with van der Waals surface area (Å²) in [5, 5.41) is 14.7. The monoisotopic (exact) mass is 373 g/mol. The van der Waals surface area contributed by atoms with Crippen molar-refractivity contribution in [2.24, 2.45) is 0 Å². The molecule has 0 spiro atoms. The van der Waals surface area contributed by atoms with Crippen LogP contribution in [0.2, 0.25) is 0 Å². The molecule has 0 saturated heterocycles. The topological polar surface area (TPSA) is 86.5 Å². The van der Waals surface area contributed by atoms with Crippen LogP contribution in [0.25, 0.3) is 32.9 Å².